The number of hydrogen-bond acceptors (Lipinski definition) is 6. The number of carbonyl (C=O) groups is 1. The van der Waals surface area contributed by atoms with Crippen LogP contribution in [0.3, 0.4) is 0 Å². The average molecular weight is 349 g/mol. The fourth-order valence-electron chi connectivity index (χ4n) is 2.93. The van der Waals surface area contributed by atoms with E-state index in [-0.39, 0.29) is 11.8 Å². The summed E-state index contributed by atoms with van der Waals surface area (Å²) in [6.07, 6.45) is 0. The lowest BCUT2D eigenvalue weighted by atomic mass is 9.99. The standard InChI is InChI=1S/C16H23N5O2S/c1-19(2)6-7-23-11-12-9-21(16(22)14-5-4-8-24-14)10-13-15(12)20(3)18-17-13/h4-5,8,12H,6-7,9-11H2,1-3H3/t12-/m1/s1. The van der Waals surface area contributed by atoms with Gasteiger partial charge in [0.2, 0.25) is 0 Å². The van der Waals surface area contributed by atoms with Crippen molar-refractivity contribution in [1.29, 1.82) is 0 Å². The van der Waals surface area contributed by atoms with Crippen molar-refractivity contribution in [3.63, 3.8) is 0 Å². The number of fused-ring (bicyclic) bond motifs is 1. The van der Waals surface area contributed by atoms with Gasteiger partial charge in [0.1, 0.15) is 5.69 Å². The molecule has 2 aromatic rings. The first-order valence-electron chi connectivity index (χ1n) is 8.00. The lowest BCUT2D eigenvalue weighted by molar-refractivity contribution is 0.0617. The maximum Gasteiger partial charge on any atom is 0.264 e. The van der Waals surface area contributed by atoms with E-state index >= 15 is 0 Å². The number of likely N-dealkylation sites (N-methyl/N-ethyl adjacent to an activating group) is 1. The summed E-state index contributed by atoms with van der Waals surface area (Å²) in [6.45, 7) is 3.25. The monoisotopic (exact) mass is 349 g/mol. The minimum atomic E-state index is 0.0552. The molecule has 0 spiro atoms. The Bertz CT molecular complexity index is 683. The predicted octanol–water partition coefficient (Wildman–Crippen LogP) is 1.19. The first kappa shape index (κ1) is 17.1. The maximum atomic E-state index is 12.7. The van der Waals surface area contributed by atoms with Crippen LogP contribution < -0.4 is 0 Å². The molecule has 0 aromatic carbocycles. The number of ether oxygens (including phenoxy) is 1. The molecule has 0 bridgehead atoms. The number of nitrogens with zero attached hydrogens (tertiary/aromatic N) is 5. The molecule has 0 N–H and O–H groups in total. The van der Waals surface area contributed by atoms with Crippen LogP contribution in [0.4, 0.5) is 0 Å². The summed E-state index contributed by atoms with van der Waals surface area (Å²) in [5.41, 5.74) is 1.95. The SMILES string of the molecule is CN(C)CCOC[C@H]1CN(C(=O)c2cccs2)Cc2nnn(C)c21. The Balaban J connectivity index is 1.72. The number of thiophene rings is 1. The molecule has 0 aliphatic carbocycles. The van der Waals surface area contributed by atoms with Crippen LogP contribution in [0.25, 0.3) is 0 Å². The van der Waals surface area contributed by atoms with Crippen LogP contribution in [0.2, 0.25) is 0 Å². The molecule has 0 saturated heterocycles. The molecule has 0 saturated carbocycles. The Kier molecular flexibility index (Phi) is 5.27. The molecule has 1 aliphatic rings. The fourth-order valence-corrected chi connectivity index (χ4v) is 3.62. The topological polar surface area (TPSA) is 63.5 Å². The van der Waals surface area contributed by atoms with Gasteiger partial charge in [0.15, 0.2) is 0 Å². The molecule has 1 amide bonds. The molecular weight excluding hydrogens is 326 g/mol. The van der Waals surface area contributed by atoms with Gasteiger partial charge in [-0.15, -0.1) is 16.4 Å². The molecule has 24 heavy (non-hydrogen) atoms. The molecule has 7 nitrogen and oxygen atoms in total. The van der Waals surface area contributed by atoms with Crippen LogP contribution >= 0.6 is 11.3 Å². The summed E-state index contributed by atoms with van der Waals surface area (Å²) in [5, 5.41) is 10.3. The molecule has 3 heterocycles. The molecule has 0 radical (unpaired) electrons. The molecule has 130 valence electrons. The van der Waals surface area contributed by atoms with E-state index in [9.17, 15) is 4.79 Å². The van der Waals surface area contributed by atoms with Crippen LogP contribution in [-0.4, -0.2) is 71.1 Å². The van der Waals surface area contributed by atoms with Crippen LogP contribution in [0.15, 0.2) is 17.5 Å². The fraction of sp³-hybridized carbons (Fsp3) is 0.562. The van der Waals surface area contributed by atoms with E-state index in [1.54, 1.807) is 0 Å². The highest BCUT2D eigenvalue weighted by atomic mass is 32.1. The molecule has 8 heteroatoms. The zero-order chi connectivity index (χ0) is 17.1. The van der Waals surface area contributed by atoms with Gasteiger partial charge in [0.05, 0.1) is 30.3 Å². The molecule has 2 aromatic heterocycles. The second-order valence-electron chi connectivity index (χ2n) is 6.28. The van der Waals surface area contributed by atoms with Crippen LogP contribution in [0, 0.1) is 0 Å². The Hall–Kier alpha value is -1.77. The zero-order valence-corrected chi connectivity index (χ0v) is 15.1. The number of hydrogen-bond donors (Lipinski definition) is 0. The number of rotatable bonds is 6. The average Bonchev–Trinajstić information content (AvgIpc) is 3.21. The van der Waals surface area contributed by atoms with Gasteiger partial charge < -0.3 is 14.5 Å². The smallest absolute Gasteiger partial charge is 0.264 e. The van der Waals surface area contributed by atoms with Gasteiger partial charge in [-0.25, -0.2) is 0 Å². The van der Waals surface area contributed by atoms with Crippen molar-refractivity contribution in [3.8, 4) is 0 Å². The highest BCUT2D eigenvalue weighted by Gasteiger charge is 2.33. The van der Waals surface area contributed by atoms with Crippen molar-refractivity contribution in [3.05, 3.63) is 33.8 Å². The molecule has 1 atom stereocenters. The molecule has 3 rings (SSSR count). The summed E-state index contributed by atoms with van der Waals surface area (Å²) in [7, 11) is 5.94. The van der Waals surface area contributed by atoms with E-state index in [4.69, 9.17) is 4.74 Å². The van der Waals surface area contributed by atoms with Gasteiger partial charge >= 0.3 is 0 Å². The summed E-state index contributed by atoms with van der Waals surface area (Å²) in [4.78, 5) is 17.4. The van der Waals surface area contributed by atoms with Crippen molar-refractivity contribution >= 4 is 17.2 Å². The van der Waals surface area contributed by atoms with E-state index in [1.807, 2.05) is 48.2 Å². The Morgan fingerprint density at radius 1 is 1.50 bits per heavy atom. The minimum absolute atomic E-state index is 0.0552. The molecule has 0 unspecified atom stereocenters. The van der Waals surface area contributed by atoms with E-state index in [2.05, 4.69) is 15.2 Å². The largest absolute Gasteiger partial charge is 0.379 e. The van der Waals surface area contributed by atoms with Crippen LogP contribution in [0.5, 0.6) is 0 Å². The highest BCUT2D eigenvalue weighted by Crippen LogP contribution is 2.28. The second kappa shape index (κ2) is 7.42. The minimum Gasteiger partial charge on any atom is -0.379 e. The summed E-state index contributed by atoms with van der Waals surface area (Å²) in [5.74, 6) is 0.152. The lowest BCUT2D eigenvalue weighted by Gasteiger charge is -2.32. The number of carbonyl (C=O) groups excluding carboxylic acids is 1. The van der Waals surface area contributed by atoms with Gasteiger partial charge in [-0.3, -0.25) is 9.48 Å². The molecular formula is C16H23N5O2S. The highest BCUT2D eigenvalue weighted by molar-refractivity contribution is 7.12. The lowest BCUT2D eigenvalue weighted by Crippen LogP contribution is -2.40. The van der Waals surface area contributed by atoms with Crippen LogP contribution in [0.1, 0.15) is 27.0 Å². The second-order valence-corrected chi connectivity index (χ2v) is 7.23. The quantitative estimate of drug-likeness (QED) is 0.733. The van der Waals surface area contributed by atoms with Gasteiger partial charge in [-0.05, 0) is 25.5 Å². The van der Waals surface area contributed by atoms with E-state index < -0.39 is 0 Å². The van der Waals surface area contributed by atoms with E-state index in [1.165, 1.54) is 11.3 Å². The van der Waals surface area contributed by atoms with Crippen molar-refractivity contribution in [2.45, 2.75) is 12.5 Å². The third-order valence-corrected chi connectivity index (χ3v) is 4.99. The number of aryl methyl sites for hydroxylation is 1. The Morgan fingerprint density at radius 2 is 2.33 bits per heavy atom. The Labute approximate surface area is 145 Å². The van der Waals surface area contributed by atoms with E-state index in [0.717, 1.165) is 22.8 Å². The van der Waals surface area contributed by atoms with Gasteiger partial charge in [-0.2, -0.15) is 0 Å². The predicted molar refractivity (Wildman–Crippen MR) is 92.2 cm³/mol. The van der Waals surface area contributed by atoms with Crippen molar-refractivity contribution in [2.24, 2.45) is 7.05 Å². The first-order valence-corrected chi connectivity index (χ1v) is 8.88. The van der Waals surface area contributed by atoms with Gasteiger partial charge in [0.25, 0.3) is 5.91 Å². The van der Waals surface area contributed by atoms with Crippen molar-refractivity contribution in [2.75, 3.05) is 40.4 Å². The number of amides is 1. The number of aromatic nitrogens is 3. The summed E-state index contributed by atoms with van der Waals surface area (Å²) < 4.78 is 7.65. The molecule has 1 aliphatic heterocycles. The normalized spacial score (nSPS) is 17.3. The zero-order valence-electron chi connectivity index (χ0n) is 14.3. The van der Waals surface area contributed by atoms with E-state index in [0.29, 0.717) is 26.3 Å². The molecule has 0 fully saturated rings. The van der Waals surface area contributed by atoms with Gasteiger partial charge in [-0.1, -0.05) is 11.3 Å². The maximum absolute atomic E-state index is 12.7. The van der Waals surface area contributed by atoms with Crippen LogP contribution in [-0.2, 0) is 18.3 Å². The van der Waals surface area contributed by atoms with Crippen molar-refractivity contribution in [1.82, 2.24) is 24.8 Å². The van der Waals surface area contributed by atoms with Gasteiger partial charge in [0, 0.05) is 26.1 Å². The summed E-state index contributed by atoms with van der Waals surface area (Å²) in [6, 6.07) is 3.76. The Morgan fingerprint density at radius 3 is 3.04 bits per heavy atom. The summed E-state index contributed by atoms with van der Waals surface area (Å²) >= 11 is 1.47. The van der Waals surface area contributed by atoms with Crippen molar-refractivity contribution < 1.29 is 9.53 Å². The first-order chi connectivity index (χ1) is 11.6. The third-order valence-electron chi connectivity index (χ3n) is 4.13. The third kappa shape index (κ3) is 3.66.